The number of pyridine rings is 1. The van der Waals surface area contributed by atoms with Crippen LogP contribution in [0.25, 0.3) is 0 Å². The average Bonchev–Trinajstić information content (AvgIpc) is 2.36. The van der Waals surface area contributed by atoms with Crippen LogP contribution in [0.4, 0.5) is 22.0 Å². The van der Waals surface area contributed by atoms with Crippen molar-refractivity contribution in [2.75, 3.05) is 14.2 Å². The second-order valence-corrected chi connectivity index (χ2v) is 3.63. The number of carbonyl (C=O) groups is 1. The third-order valence-corrected chi connectivity index (χ3v) is 2.45. The monoisotopic (exact) mass is 299 g/mol. The van der Waals surface area contributed by atoms with E-state index in [1.807, 2.05) is 0 Å². The minimum absolute atomic E-state index is 0.553. The van der Waals surface area contributed by atoms with Gasteiger partial charge in [0.2, 0.25) is 5.88 Å². The van der Waals surface area contributed by atoms with Crippen molar-refractivity contribution in [3.05, 3.63) is 22.9 Å². The first-order valence-electron chi connectivity index (χ1n) is 5.20. The number of methoxy groups -OCH3 is 2. The minimum atomic E-state index is -4.99. The number of nitrogens with zero attached hydrogens (tertiary/aromatic N) is 1. The van der Waals surface area contributed by atoms with E-state index in [9.17, 15) is 26.7 Å². The van der Waals surface area contributed by atoms with Crippen LogP contribution in [0.2, 0.25) is 0 Å². The van der Waals surface area contributed by atoms with Gasteiger partial charge in [-0.1, -0.05) is 0 Å². The Bertz CT molecular complexity index is 502. The summed E-state index contributed by atoms with van der Waals surface area (Å²) in [6, 6.07) is 0. The molecule has 0 spiro atoms. The van der Waals surface area contributed by atoms with Gasteiger partial charge in [-0.15, -0.1) is 0 Å². The first-order chi connectivity index (χ1) is 9.22. The third kappa shape index (κ3) is 3.34. The number of ether oxygens (including phenoxy) is 2. The number of esters is 1. The molecule has 0 bridgehead atoms. The molecule has 20 heavy (non-hydrogen) atoms. The summed E-state index contributed by atoms with van der Waals surface area (Å²) in [5.41, 5.74) is -3.38. The van der Waals surface area contributed by atoms with Crippen molar-refractivity contribution in [1.29, 1.82) is 0 Å². The lowest BCUT2D eigenvalue weighted by Crippen LogP contribution is -2.18. The first-order valence-corrected chi connectivity index (χ1v) is 5.20. The van der Waals surface area contributed by atoms with E-state index in [0.29, 0.717) is 6.20 Å². The largest absolute Gasteiger partial charge is 0.481 e. The molecule has 0 N–H and O–H groups in total. The van der Waals surface area contributed by atoms with Gasteiger partial charge in [-0.25, -0.2) is 13.8 Å². The van der Waals surface area contributed by atoms with Crippen LogP contribution in [-0.4, -0.2) is 25.2 Å². The summed E-state index contributed by atoms with van der Waals surface area (Å²) in [5, 5.41) is 0. The smallest absolute Gasteiger partial charge is 0.421 e. The number of hydrogen-bond acceptors (Lipinski definition) is 4. The molecule has 1 heterocycles. The van der Waals surface area contributed by atoms with Crippen molar-refractivity contribution in [2.45, 2.75) is 19.0 Å². The van der Waals surface area contributed by atoms with Crippen molar-refractivity contribution in [3.8, 4) is 5.88 Å². The Labute approximate surface area is 110 Å². The van der Waals surface area contributed by atoms with Crippen molar-refractivity contribution < 1.29 is 36.2 Å². The molecule has 4 nitrogen and oxygen atoms in total. The molecule has 0 aromatic carbocycles. The molecule has 1 aromatic rings. The zero-order chi connectivity index (χ0) is 15.5. The number of halogens is 5. The Morgan fingerprint density at radius 2 is 1.95 bits per heavy atom. The average molecular weight is 299 g/mol. The van der Waals surface area contributed by atoms with E-state index in [-0.39, 0.29) is 0 Å². The maximum Gasteiger partial charge on any atom is 0.421 e. The van der Waals surface area contributed by atoms with Crippen LogP contribution in [0, 0.1) is 0 Å². The van der Waals surface area contributed by atoms with Crippen LogP contribution in [0.5, 0.6) is 5.88 Å². The lowest BCUT2D eigenvalue weighted by Gasteiger charge is -2.18. The van der Waals surface area contributed by atoms with E-state index < -0.39 is 47.6 Å². The molecule has 0 aliphatic heterocycles. The van der Waals surface area contributed by atoms with Gasteiger partial charge >= 0.3 is 12.1 Å². The van der Waals surface area contributed by atoms with Crippen LogP contribution in [-0.2, 0) is 22.1 Å². The fourth-order valence-corrected chi connectivity index (χ4v) is 1.59. The number of carbonyl (C=O) groups excluding carboxylic acids is 1. The molecule has 0 saturated carbocycles. The predicted molar refractivity (Wildman–Crippen MR) is 56.5 cm³/mol. The Kier molecular flexibility index (Phi) is 4.85. The van der Waals surface area contributed by atoms with Gasteiger partial charge < -0.3 is 9.47 Å². The van der Waals surface area contributed by atoms with Crippen LogP contribution < -0.4 is 4.74 Å². The Balaban J connectivity index is 3.56. The van der Waals surface area contributed by atoms with E-state index in [0.717, 1.165) is 14.2 Å². The van der Waals surface area contributed by atoms with Gasteiger partial charge in [-0.05, 0) is 5.56 Å². The molecule has 9 heteroatoms. The zero-order valence-electron chi connectivity index (χ0n) is 10.4. The molecule has 0 amide bonds. The van der Waals surface area contributed by atoms with Gasteiger partial charge in [-0.3, -0.25) is 4.79 Å². The maximum atomic E-state index is 13.0. The molecule has 1 rings (SSSR count). The van der Waals surface area contributed by atoms with Crippen molar-refractivity contribution in [1.82, 2.24) is 4.98 Å². The van der Waals surface area contributed by atoms with Crippen LogP contribution >= 0.6 is 0 Å². The van der Waals surface area contributed by atoms with Gasteiger partial charge in [0.05, 0.1) is 20.6 Å². The summed E-state index contributed by atoms with van der Waals surface area (Å²) < 4.78 is 73.2. The number of aromatic nitrogens is 1. The minimum Gasteiger partial charge on any atom is -0.481 e. The molecule has 1 aromatic heterocycles. The van der Waals surface area contributed by atoms with Gasteiger partial charge in [0.25, 0.3) is 6.43 Å². The fraction of sp³-hybridized carbons (Fsp3) is 0.455. The lowest BCUT2D eigenvalue weighted by atomic mass is 10.0. The molecule has 0 aliphatic carbocycles. The number of hydrogen-bond donors (Lipinski definition) is 0. The van der Waals surface area contributed by atoms with Gasteiger partial charge in [0.15, 0.2) is 0 Å². The van der Waals surface area contributed by atoms with Gasteiger partial charge in [-0.2, -0.15) is 13.2 Å². The second-order valence-electron chi connectivity index (χ2n) is 3.63. The molecule has 0 radical (unpaired) electrons. The quantitative estimate of drug-likeness (QED) is 0.633. The fourth-order valence-electron chi connectivity index (χ4n) is 1.59. The van der Waals surface area contributed by atoms with Crippen LogP contribution in [0.1, 0.15) is 23.1 Å². The topological polar surface area (TPSA) is 48.4 Å². The molecule has 112 valence electrons. The third-order valence-electron chi connectivity index (χ3n) is 2.45. The maximum absolute atomic E-state index is 13.0. The normalized spacial score (nSPS) is 11.6. The Morgan fingerprint density at radius 1 is 1.35 bits per heavy atom. The molecular formula is C11H10F5NO3. The van der Waals surface area contributed by atoms with Crippen LogP contribution in [0.3, 0.4) is 0 Å². The highest BCUT2D eigenvalue weighted by molar-refractivity contribution is 5.74. The summed E-state index contributed by atoms with van der Waals surface area (Å²) >= 11 is 0. The summed E-state index contributed by atoms with van der Waals surface area (Å²) in [7, 11) is 1.86. The van der Waals surface area contributed by atoms with Crippen molar-refractivity contribution >= 4 is 5.97 Å². The van der Waals surface area contributed by atoms with E-state index in [1.165, 1.54) is 0 Å². The molecular weight excluding hydrogens is 289 g/mol. The molecule has 0 saturated heterocycles. The van der Waals surface area contributed by atoms with E-state index in [4.69, 9.17) is 0 Å². The highest BCUT2D eigenvalue weighted by Gasteiger charge is 2.40. The summed E-state index contributed by atoms with van der Waals surface area (Å²) in [6.45, 7) is 0. The lowest BCUT2D eigenvalue weighted by molar-refractivity contribution is -0.142. The highest BCUT2D eigenvalue weighted by Crippen LogP contribution is 2.41. The number of rotatable bonds is 4. The van der Waals surface area contributed by atoms with Crippen molar-refractivity contribution in [3.63, 3.8) is 0 Å². The summed E-state index contributed by atoms with van der Waals surface area (Å²) in [6.07, 6.45) is -8.61. The van der Waals surface area contributed by atoms with Gasteiger partial charge in [0.1, 0.15) is 5.56 Å². The van der Waals surface area contributed by atoms with E-state index in [1.54, 1.807) is 0 Å². The van der Waals surface area contributed by atoms with Crippen molar-refractivity contribution in [2.24, 2.45) is 0 Å². The molecule has 0 atom stereocenters. The van der Waals surface area contributed by atoms with E-state index in [2.05, 4.69) is 14.5 Å². The zero-order valence-corrected chi connectivity index (χ0v) is 10.4. The summed E-state index contributed by atoms with van der Waals surface area (Å²) in [4.78, 5) is 14.3. The number of alkyl halides is 5. The highest BCUT2D eigenvalue weighted by atomic mass is 19.4. The van der Waals surface area contributed by atoms with E-state index >= 15 is 0 Å². The predicted octanol–water partition coefficient (Wildman–Crippen LogP) is 2.76. The Hall–Kier alpha value is -1.93. The SMILES string of the molecule is COC(=O)Cc1c(C(F)F)cnc(OC)c1C(F)(F)F. The second kappa shape index (κ2) is 6.02. The first kappa shape index (κ1) is 16.1. The molecule has 0 aliphatic rings. The molecule has 0 unspecified atom stereocenters. The van der Waals surface area contributed by atoms with Crippen LogP contribution in [0.15, 0.2) is 6.20 Å². The summed E-state index contributed by atoms with van der Waals surface area (Å²) in [5.74, 6) is -1.95. The Morgan fingerprint density at radius 3 is 2.35 bits per heavy atom. The standard InChI is InChI=1S/C11H10F5NO3/c1-19-7(18)3-5-6(9(12)13)4-17-10(20-2)8(5)11(14,15)16/h4,9H,3H2,1-2H3. The molecule has 0 fully saturated rings. The van der Waals surface area contributed by atoms with Gasteiger partial charge in [0, 0.05) is 11.8 Å².